The number of aryl methyl sites for hydroxylation is 1. The van der Waals surface area contributed by atoms with Crippen LogP contribution in [0.1, 0.15) is 19.4 Å². The molecule has 2 aromatic rings. The Labute approximate surface area is 155 Å². The molecule has 5 heteroatoms. The van der Waals surface area contributed by atoms with Crippen LogP contribution in [0.2, 0.25) is 0 Å². The second-order valence-corrected chi connectivity index (χ2v) is 6.71. The zero-order valence-electron chi connectivity index (χ0n) is 15.7. The van der Waals surface area contributed by atoms with Crippen molar-refractivity contribution >= 4 is 17.4 Å². The van der Waals surface area contributed by atoms with Crippen molar-refractivity contribution in [1.29, 1.82) is 0 Å². The summed E-state index contributed by atoms with van der Waals surface area (Å²) in [5.74, 6) is 0.811. The summed E-state index contributed by atoms with van der Waals surface area (Å²) >= 11 is 0. The number of piperazine rings is 1. The standard InChI is InChI=1S/C21H27N3O2/c1-4-26-20-11-7-18(8-12-20)22-21(25)23-13-14-24(17(3)15-23)19-9-5-16(2)6-10-19/h5-12,17H,4,13-15H2,1-3H3,(H,22,25)/t17-/m0/s1. The Morgan fingerprint density at radius 3 is 2.42 bits per heavy atom. The Kier molecular flexibility index (Phi) is 5.66. The molecular formula is C21H27N3O2. The van der Waals surface area contributed by atoms with Crippen molar-refractivity contribution in [2.24, 2.45) is 0 Å². The van der Waals surface area contributed by atoms with Gasteiger partial charge in [0.2, 0.25) is 0 Å². The molecule has 26 heavy (non-hydrogen) atoms. The molecule has 138 valence electrons. The monoisotopic (exact) mass is 353 g/mol. The average molecular weight is 353 g/mol. The van der Waals surface area contributed by atoms with Crippen molar-refractivity contribution < 1.29 is 9.53 Å². The maximum atomic E-state index is 12.6. The summed E-state index contributed by atoms with van der Waals surface area (Å²) in [5, 5.41) is 2.98. The van der Waals surface area contributed by atoms with E-state index >= 15 is 0 Å². The number of nitrogens with one attached hydrogen (secondary N) is 1. The number of hydrogen-bond acceptors (Lipinski definition) is 3. The van der Waals surface area contributed by atoms with Crippen LogP contribution in [0.15, 0.2) is 48.5 Å². The number of ether oxygens (including phenoxy) is 1. The fourth-order valence-corrected chi connectivity index (χ4v) is 3.27. The number of amides is 2. The first-order valence-corrected chi connectivity index (χ1v) is 9.19. The van der Waals surface area contributed by atoms with Crippen molar-refractivity contribution in [1.82, 2.24) is 4.90 Å². The quantitative estimate of drug-likeness (QED) is 0.899. The predicted molar refractivity (Wildman–Crippen MR) is 106 cm³/mol. The van der Waals surface area contributed by atoms with Gasteiger partial charge >= 0.3 is 6.03 Å². The fourth-order valence-electron chi connectivity index (χ4n) is 3.27. The van der Waals surface area contributed by atoms with Crippen molar-refractivity contribution in [3.63, 3.8) is 0 Å². The lowest BCUT2D eigenvalue weighted by molar-refractivity contribution is 0.200. The van der Waals surface area contributed by atoms with Crippen LogP contribution >= 0.6 is 0 Å². The highest BCUT2D eigenvalue weighted by Crippen LogP contribution is 2.22. The summed E-state index contributed by atoms with van der Waals surface area (Å²) in [6, 6.07) is 16.3. The van der Waals surface area contributed by atoms with Crippen molar-refractivity contribution in [3.05, 3.63) is 54.1 Å². The number of hydrogen-bond donors (Lipinski definition) is 1. The first-order valence-electron chi connectivity index (χ1n) is 9.19. The van der Waals surface area contributed by atoms with E-state index in [0.717, 1.165) is 18.0 Å². The Morgan fingerprint density at radius 1 is 1.12 bits per heavy atom. The molecule has 2 amide bonds. The van der Waals surface area contributed by atoms with Crippen LogP contribution in [-0.2, 0) is 0 Å². The lowest BCUT2D eigenvalue weighted by Gasteiger charge is -2.41. The summed E-state index contributed by atoms with van der Waals surface area (Å²) in [7, 11) is 0. The first-order chi connectivity index (χ1) is 12.6. The van der Waals surface area contributed by atoms with Crippen molar-refractivity contribution in [3.8, 4) is 5.75 Å². The normalized spacial score (nSPS) is 17.1. The number of urea groups is 1. The predicted octanol–water partition coefficient (Wildman–Crippen LogP) is 4.14. The summed E-state index contributed by atoms with van der Waals surface area (Å²) in [4.78, 5) is 16.8. The number of carbonyl (C=O) groups excluding carboxylic acids is 1. The number of benzene rings is 2. The van der Waals surface area contributed by atoms with Crippen LogP contribution in [0.5, 0.6) is 5.75 Å². The highest BCUT2D eigenvalue weighted by Gasteiger charge is 2.26. The minimum Gasteiger partial charge on any atom is -0.494 e. The van der Waals surface area contributed by atoms with E-state index in [-0.39, 0.29) is 12.1 Å². The molecule has 0 bridgehead atoms. The average Bonchev–Trinajstić information content (AvgIpc) is 2.64. The molecule has 1 saturated heterocycles. The Hall–Kier alpha value is -2.69. The van der Waals surface area contributed by atoms with E-state index in [2.05, 4.69) is 48.3 Å². The van der Waals surface area contributed by atoms with Gasteiger partial charge in [-0.15, -0.1) is 0 Å². The van der Waals surface area contributed by atoms with Gasteiger partial charge in [-0.2, -0.15) is 0 Å². The second-order valence-electron chi connectivity index (χ2n) is 6.71. The van der Waals surface area contributed by atoms with E-state index in [1.807, 2.05) is 36.1 Å². The lowest BCUT2D eigenvalue weighted by Crippen LogP contribution is -2.54. The summed E-state index contributed by atoms with van der Waals surface area (Å²) in [6.45, 7) is 9.09. The number of rotatable bonds is 4. The van der Waals surface area contributed by atoms with Gasteiger partial charge in [-0.3, -0.25) is 0 Å². The molecule has 3 rings (SSSR count). The molecule has 1 aliphatic rings. The maximum Gasteiger partial charge on any atom is 0.321 e. The molecule has 1 heterocycles. The van der Waals surface area contributed by atoms with E-state index < -0.39 is 0 Å². The molecule has 0 unspecified atom stereocenters. The Morgan fingerprint density at radius 2 is 1.81 bits per heavy atom. The van der Waals surface area contributed by atoms with Gasteiger partial charge in [-0.05, 0) is 57.2 Å². The summed E-state index contributed by atoms with van der Waals surface area (Å²) in [6.07, 6.45) is 0. The van der Waals surface area contributed by atoms with Crippen LogP contribution in [0, 0.1) is 6.92 Å². The van der Waals surface area contributed by atoms with Gasteiger partial charge in [0.25, 0.3) is 0 Å². The first kappa shape index (κ1) is 18.1. The third-order valence-corrected chi connectivity index (χ3v) is 4.70. The molecule has 1 atom stereocenters. The van der Waals surface area contributed by atoms with Gasteiger partial charge in [0, 0.05) is 37.1 Å². The van der Waals surface area contributed by atoms with Gasteiger partial charge < -0.3 is 19.9 Å². The van der Waals surface area contributed by atoms with Crippen molar-refractivity contribution in [2.45, 2.75) is 26.8 Å². The third-order valence-electron chi connectivity index (χ3n) is 4.70. The molecule has 0 aliphatic carbocycles. The fraction of sp³-hybridized carbons (Fsp3) is 0.381. The van der Waals surface area contributed by atoms with Gasteiger partial charge in [0.1, 0.15) is 5.75 Å². The molecule has 5 nitrogen and oxygen atoms in total. The number of nitrogens with zero attached hydrogens (tertiary/aromatic N) is 2. The van der Waals surface area contributed by atoms with Crippen LogP contribution in [0.3, 0.4) is 0 Å². The van der Waals surface area contributed by atoms with Gasteiger partial charge in [0.15, 0.2) is 0 Å². The zero-order valence-corrected chi connectivity index (χ0v) is 15.7. The SMILES string of the molecule is CCOc1ccc(NC(=O)N2CCN(c3ccc(C)cc3)[C@@H](C)C2)cc1. The number of anilines is 2. The molecule has 1 aliphatic heterocycles. The molecule has 0 spiro atoms. The van der Waals surface area contributed by atoms with E-state index in [1.54, 1.807) is 0 Å². The van der Waals surface area contributed by atoms with E-state index in [4.69, 9.17) is 4.74 Å². The molecule has 2 aromatic carbocycles. The molecule has 0 aromatic heterocycles. The second kappa shape index (κ2) is 8.13. The van der Waals surface area contributed by atoms with Crippen LogP contribution in [0.4, 0.5) is 16.2 Å². The Balaban J connectivity index is 1.57. The minimum atomic E-state index is -0.0513. The zero-order chi connectivity index (χ0) is 18.5. The maximum absolute atomic E-state index is 12.6. The topological polar surface area (TPSA) is 44.8 Å². The molecule has 1 fully saturated rings. The largest absolute Gasteiger partial charge is 0.494 e. The molecule has 0 saturated carbocycles. The third kappa shape index (κ3) is 4.28. The van der Waals surface area contributed by atoms with Gasteiger partial charge in [0.05, 0.1) is 6.61 Å². The van der Waals surface area contributed by atoms with Crippen LogP contribution < -0.4 is 15.0 Å². The Bertz CT molecular complexity index is 728. The lowest BCUT2D eigenvalue weighted by atomic mass is 10.1. The summed E-state index contributed by atoms with van der Waals surface area (Å²) in [5.41, 5.74) is 3.26. The van der Waals surface area contributed by atoms with E-state index in [1.165, 1.54) is 11.3 Å². The molecule has 1 N–H and O–H groups in total. The van der Waals surface area contributed by atoms with E-state index in [0.29, 0.717) is 19.7 Å². The highest BCUT2D eigenvalue weighted by atomic mass is 16.5. The summed E-state index contributed by atoms with van der Waals surface area (Å²) < 4.78 is 5.43. The van der Waals surface area contributed by atoms with Crippen molar-refractivity contribution in [2.75, 3.05) is 36.5 Å². The van der Waals surface area contributed by atoms with Crippen LogP contribution in [0.25, 0.3) is 0 Å². The van der Waals surface area contributed by atoms with Crippen LogP contribution in [-0.4, -0.2) is 43.2 Å². The van der Waals surface area contributed by atoms with Gasteiger partial charge in [-0.25, -0.2) is 4.79 Å². The smallest absolute Gasteiger partial charge is 0.321 e. The van der Waals surface area contributed by atoms with E-state index in [9.17, 15) is 4.79 Å². The molecular weight excluding hydrogens is 326 g/mol. The number of carbonyl (C=O) groups is 1. The molecule has 0 radical (unpaired) electrons. The highest BCUT2D eigenvalue weighted by molar-refractivity contribution is 5.89. The minimum absolute atomic E-state index is 0.0513. The van der Waals surface area contributed by atoms with Gasteiger partial charge in [-0.1, -0.05) is 17.7 Å².